The second kappa shape index (κ2) is 10.3. The van der Waals surface area contributed by atoms with E-state index in [0.717, 1.165) is 31.6 Å². The Kier molecular flexibility index (Phi) is 7.47. The van der Waals surface area contributed by atoms with Gasteiger partial charge in [0.1, 0.15) is 11.5 Å². The molecule has 2 aromatic rings. The van der Waals surface area contributed by atoms with E-state index in [9.17, 15) is 14.7 Å². The predicted octanol–water partition coefficient (Wildman–Crippen LogP) is 3.85. The molecule has 0 aliphatic carbocycles. The van der Waals surface area contributed by atoms with Gasteiger partial charge in [0.25, 0.3) is 11.7 Å². The number of likely N-dealkylation sites (tertiary alicyclic amines) is 1. The second-order valence-corrected chi connectivity index (χ2v) is 7.51. The lowest BCUT2D eigenvalue weighted by Crippen LogP contribution is -2.33. The maximum Gasteiger partial charge on any atom is 0.295 e. The van der Waals surface area contributed by atoms with Crippen molar-refractivity contribution < 1.29 is 19.4 Å². The number of ether oxygens (including phenoxy) is 1. The molecule has 1 aliphatic rings. The van der Waals surface area contributed by atoms with E-state index in [1.54, 1.807) is 36.3 Å². The molecule has 3 rings (SSSR count). The topological polar surface area (TPSA) is 70.1 Å². The van der Waals surface area contributed by atoms with Crippen LogP contribution in [0.5, 0.6) is 5.75 Å². The summed E-state index contributed by atoms with van der Waals surface area (Å²) in [6, 6.07) is 15.6. The van der Waals surface area contributed by atoms with Crippen LogP contribution in [0.2, 0.25) is 0 Å². The number of amides is 1. The van der Waals surface area contributed by atoms with E-state index in [1.807, 2.05) is 30.3 Å². The summed E-state index contributed by atoms with van der Waals surface area (Å²) in [5.74, 6) is -0.734. The number of aliphatic hydroxyl groups excluding tert-OH is 1. The number of hydrogen-bond donors (Lipinski definition) is 1. The van der Waals surface area contributed by atoms with Crippen molar-refractivity contribution in [3.63, 3.8) is 0 Å². The molecule has 0 radical (unpaired) electrons. The van der Waals surface area contributed by atoms with E-state index in [2.05, 4.69) is 18.7 Å². The number of carbonyl (C=O) groups excluding carboxylic acids is 2. The summed E-state index contributed by atoms with van der Waals surface area (Å²) < 4.78 is 5.17. The first-order valence-corrected chi connectivity index (χ1v) is 10.7. The Bertz CT molecular complexity index is 934. The number of ketones is 1. The molecule has 1 heterocycles. The molecule has 1 amide bonds. The fourth-order valence-corrected chi connectivity index (χ4v) is 4.00. The van der Waals surface area contributed by atoms with Crippen LogP contribution in [-0.2, 0) is 9.59 Å². The normalized spacial score (nSPS) is 18.1. The smallest absolute Gasteiger partial charge is 0.295 e. The maximum absolute atomic E-state index is 13.0. The molecule has 0 unspecified atom stereocenters. The average molecular weight is 423 g/mol. The molecule has 6 heteroatoms. The number of hydrogen-bond acceptors (Lipinski definition) is 5. The Morgan fingerprint density at radius 3 is 2.26 bits per heavy atom. The van der Waals surface area contributed by atoms with Crippen molar-refractivity contribution in [1.82, 2.24) is 9.80 Å². The van der Waals surface area contributed by atoms with Gasteiger partial charge in [0.15, 0.2) is 0 Å². The van der Waals surface area contributed by atoms with Crippen LogP contribution in [-0.4, -0.2) is 59.9 Å². The molecule has 1 N–H and O–H groups in total. The molecule has 0 spiro atoms. The number of Topliss-reactive ketones (excluding diaryl/α,β-unsaturated/α-hetero) is 1. The molecule has 1 saturated heterocycles. The van der Waals surface area contributed by atoms with Crippen LogP contribution in [0.25, 0.3) is 5.76 Å². The van der Waals surface area contributed by atoms with Crippen molar-refractivity contribution in [1.29, 1.82) is 0 Å². The van der Waals surface area contributed by atoms with Gasteiger partial charge in [0, 0.05) is 12.1 Å². The number of methoxy groups -OCH3 is 1. The zero-order valence-corrected chi connectivity index (χ0v) is 18.4. The van der Waals surface area contributed by atoms with E-state index in [0.29, 0.717) is 17.9 Å². The fourth-order valence-electron chi connectivity index (χ4n) is 4.00. The van der Waals surface area contributed by atoms with Crippen LogP contribution < -0.4 is 4.74 Å². The molecule has 164 valence electrons. The monoisotopic (exact) mass is 422 g/mol. The van der Waals surface area contributed by atoms with Crippen LogP contribution in [0.15, 0.2) is 60.2 Å². The van der Waals surface area contributed by atoms with Crippen molar-refractivity contribution in [3.8, 4) is 5.75 Å². The van der Waals surface area contributed by atoms with E-state index in [-0.39, 0.29) is 11.3 Å². The second-order valence-electron chi connectivity index (χ2n) is 7.51. The highest BCUT2D eigenvalue weighted by Crippen LogP contribution is 2.39. The van der Waals surface area contributed by atoms with Crippen molar-refractivity contribution in [2.24, 2.45) is 0 Å². The van der Waals surface area contributed by atoms with Crippen molar-refractivity contribution in [3.05, 3.63) is 71.3 Å². The summed E-state index contributed by atoms with van der Waals surface area (Å²) >= 11 is 0. The Hall–Kier alpha value is -3.12. The average Bonchev–Trinajstić information content (AvgIpc) is 3.07. The molecule has 1 aliphatic heterocycles. The maximum atomic E-state index is 13.0. The van der Waals surface area contributed by atoms with Gasteiger partial charge in [0.2, 0.25) is 0 Å². The molecule has 2 aromatic carbocycles. The Morgan fingerprint density at radius 2 is 1.68 bits per heavy atom. The summed E-state index contributed by atoms with van der Waals surface area (Å²) in [6.45, 7) is 7.38. The molecule has 1 fully saturated rings. The first kappa shape index (κ1) is 22.6. The molecule has 0 aromatic heterocycles. The van der Waals surface area contributed by atoms with Gasteiger partial charge in [-0.05, 0) is 55.9 Å². The van der Waals surface area contributed by atoms with Crippen LogP contribution in [0, 0.1) is 0 Å². The van der Waals surface area contributed by atoms with Gasteiger partial charge in [0.05, 0.1) is 18.7 Å². The SMILES string of the molecule is CCN(CC)CCCN1C(=O)C(=O)C(=C(O)c2ccc(OC)cc2)[C@H]1c1ccccc1. The van der Waals surface area contributed by atoms with Gasteiger partial charge >= 0.3 is 0 Å². The largest absolute Gasteiger partial charge is 0.507 e. The summed E-state index contributed by atoms with van der Waals surface area (Å²) in [7, 11) is 1.56. The Balaban J connectivity index is 1.98. The number of nitrogens with zero attached hydrogens (tertiary/aromatic N) is 2. The zero-order valence-electron chi connectivity index (χ0n) is 18.4. The van der Waals surface area contributed by atoms with Crippen molar-refractivity contribution >= 4 is 17.4 Å². The van der Waals surface area contributed by atoms with E-state index >= 15 is 0 Å². The van der Waals surface area contributed by atoms with Gasteiger partial charge < -0.3 is 19.6 Å². The third kappa shape index (κ3) is 4.80. The van der Waals surface area contributed by atoms with E-state index in [1.165, 1.54) is 0 Å². The minimum Gasteiger partial charge on any atom is -0.507 e. The molecular formula is C25H30N2O4. The van der Waals surface area contributed by atoms with Crippen LogP contribution >= 0.6 is 0 Å². The lowest BCUT2D eigenvalue weighted by atomic mass is 9.95. The van der Waals surface area contributed by atoms with Gasteiger partial charge in [-0.3, -0.25) is 9.59 Å². The minimum absolute atomic E-state index is 0.129. The molecular weight excluding hydrogens is 392 g/mol. The minimum atomic E-state index is -0.648. The number of rotatable bonds is 9. The first-order chi connectivity index (χ1) is 15.0. The van der Waals surface area contributed by atoms with Gasteiger partial charge in [-0.25, -0.2) is 0 Å². The summed E-state index contributed by atoms with van der Waals surface area (Å²) in [4.78, 5) is 29.8. The van der Waals surface area contributed by atoms with Crippen LogP contribution in [0.3, 0.4) is 0 Å². The van der Waals surface area contributed by atoms with Gasteiger partial charge in [-0.1, -0.05) is 44.2 Å². The number of carbonyl (C=O) groups is 2. The quantitative estimate of drug-likeness (QED) is 0.378. The van der Waals surface area contributed by atoms with Gasteiger partial charge in [-0.15, -0.1) is 0 Å². The van der Waals surface area contributed by atoms with Gasteiger partial charge in [-0.2, -0.15) is 0 Å². The molecule has 0 saturated carbocycles. The van der Waals surface area contributed by atoms with Crippen molar-refractivity contribution in [2.75, 3.05) is 33.3 Å². The Morgan fingerprint density at radius 1 is 1.03 bits per heavy atom. The molecule has 0 bridgehead atoms. The lowest BCUT2D eigenvalue weighted by Gasteiger charge is -2.26. The Labute approximate surface area is 183 Å². The third-order valence-electron chi connectivity index (χ3n) is 5.79. The van der Waals surface area contributed by atoms with E-state index < -0.39 is 17.7 Å². The fraction of sp³-hybridized carbons (Fsp3) is 0.360. The highest BCUT2D eigenvalue weighted by molar-refractivity contribution is 6.46. The molecule has 1 atom stereocenters. The van der Waals surface area contributed by atoms with Crippen LogP contribution in [0.1, 0.15) is 37.4 Å². The van der Waals surface area contributed by atoms with Crippen molar-refractivity contribution in [2.45, 2.75) is 26.3 Å². The first-order valence-electron chi connectivity index (χ1n) is 10.7. The standard InChI is InChI=1S/C25H30N2O4/c1-4-26(5-2)16-9-17-27-22(18-10-7-6-8-11-18)21(24(29)25(27)30)23(28)19-12-14-20(31-3)15-13-19/h6-8,10-15,22,28H,4-5,9,16-17H2,1-3H3/t22-/m1/s1. The molecule has 31 heavy (non-hydrogen) atoms. The highest BCUT2D eigenvalue weighted by atomic mass is 16.5. The number of aliphatic hydroxyl groups is 1. The summed E-state index contributed by atoms with van der Waals surface area (Å²) in [5.41, 5.74) is 1.41. The zero-order chi connectivity index (χ0) is 22.4. The third-order valence-corrected chi connectivity index (χ3v) is 5.79. The van der Waals surface area contributed by atoms with Crippen LogP contribution in [0.4, 0.5) is 0 Å². The summed E-state index contributed by atoms with van der Waals surface area (Å²) in [6.07, 6.45) is 0.751. The van der Waals surface area contributed by atoms with E-state index in [4.69, 9.17) is 4.74 Å². The number of benzene rings is 2. The highest BCUT2D eigenvalue weighted by Gasteiger charge is 2.45. The predicted molar refractivity (Wildman–Crippen MR) is 121 cm³/mol. The molecule has 6 nitrogen and oxygen atoms in total. The lowest BCUT2D eigenvalue weighted by molar-refractivity contribution is -0.140. The summed E-state index contributed by atoms with van der Waals surface area (Å²) in [5, 5.41) is 11.0.